The van der Waals surface area contributed by atoms with Crippen molar-refractivity contribution < 1.29 is 0 Å². The molecule has 0 aromatic carbocycles. The summed E-state index contributed by atoms with van der Waals surface area (Å²) in [5.74, 6) is 5.66. The van der Waals surface area contributed by atoms with Gasteiger partial charge in [-0.15, -0.1) is 0 Å². The summed E-state index contributed by atoms with van der Waals surface area (Å²) in [6.45, 7) is 5.30. The maximum absolute atomic E-state index is 5.66. The highest BCUT2D eigenvalue weighted by molar-refractivity contribution is 5.06. The molecule has 0 radical (unpaired) electrons. The second-order valence-corrected chi connectivity index (χ2v) is 5.68. The number of aryl methyl sites for hydroxylation is 1. The number of hydrazine groups is 1. The van der Waals surface area contributed by atoms with Crippen molar-refractivity contribution in [2.75, 3.05) is 0 Å². The summed E-state index contributed by atoms with van der Waals surface area (Å²) in [7, 11) is 0. The number of unbranched alkanes of at least 4 members (excludes halogenated alkanes) is 6. The fourth-order valence-electron chi connectivity index (χ4n) is 2.56. The molecule has 116 valence electrons. The molecule has 0 aliphatic rings. The van der Waals surface area contributed by atoms with Crippen LogP contribution in [0.1, 0.15) is 70.8 Å². The quantitative estimate of drug-likeness (QED) is 0.350. The van der Waals surface area contributed by atoms with Crippen LogP contribution in [0.4, 0.5) is 0 Å². The smallest absolute Gasteiger partial charge is 0.0522 e. The van der Waals surface area contributed by atoms with Crippen LogP contribution in [0, 0.1) is 0 Å². The maximum Gasteiger partial charge on any atom is 0.0522 e. The number of aromatic nitrogens is 2. The summed E-state index contributed by atoms with van der Waals surface area (Å²) in [5, 5.41) is 4.31. The minimum absolute atomic E-state index is 0.375. The molecule has 1 aromatic rings. The highest BCUT2D eigenvalue weighted by Gasteiger charge is 2.09. The first kappa shape index (κ1) is 17.2. The van der Waals surface area contributed by atoms with Crippen molar-refractivity contribution in [3.8, 4) is 0 Å². The van der Waals surface area contributed by atoms with Crippen LogP contribution in [0.5, 0.6) is 0 Å². The van der Waals surface area contributed by atoms with Gasteiger partial charge in [0.2, 0.25) is 0 Å². The normalized spacial score (nSPS) is 12.8. The average molecular weight is 280 g/mol. The number of nitrogens with one attached hydrogen (secondary N) is 1. The van der Waals surface area contributed by atoms with Gasteiger partial charge in [0.05, 0.1) is 6.20 Å². The molecule has 4 heteroatoms. The van der Waals surface area contributed by atoms with Crippen molar-refractivity contribution in [1.82, 2.24) is 15.2 Å². The van der Waals surface area contributed by atoms with Gasteiger partial charge in [-0.1, -0.05) is 51.9 Å². The highest BCUT2D eigenvalue weighted by Crippen LogP contribution is 2.12. The third-order valence-corrected chi connectivity index (χ3v) is 3.88. The van der Waals surface area contributed by atoms with Crippen molar-refractivity contribution in [2.24, 2.45) is 5.84 Å². The van der Waals surface area contributed by atoms with Crippen molar-refractivity contribution in [2.45, 2.75) is 84.2 Å². The Morgan fingerprint density at radius 1 is 1.15 bits per heavy atom. The summed E-state index contributed by atoms with van der Waals surface area (Å²) < 4.78 is 1.97. The molecule has 3 N–H and O–H groups in total. The summed E-state index contributed by atoms with van der Waals surface area (Å²) >= 11 is 0. The predicted octanol–water partition coefficient (Wildman–Crippen LogP) is 3.42. The SMILES string of the molecule is CCCCCCCCCC(Cc1cnn(CC)c1)NN. The van der Waals surface area contributed by atoms with Crippen LogP contribution in [-0.4, -0.2) is 15.8 Å². The maximum atomic E-state index is 5.66. The minimum atomic E-state index is 0.375. The third kappa shape index (κ3) is 7.06. The molecule has 1 unspecified atom stereocenters. The third-order valence-electron chi connectivity index (χ3n) is 3.88. The summed E-state index contributed by atoms with van der Waals surface area (Å²) in [5.41, 5.74) is 4.23. The zero-order valence-electron chi connectivity index (χ0n) is 13.3. The molecule has 0 saturated carbocycles. The van der Waals surface area contributed by atoms with Gasteiger partial charge in [0, 0.05) is 18.8 Å². The first-order chi connectivity index (χ1) is 9.80. The lowest BCUT2D eigenvalue weighted by molar-refractivity contribution is 0.458. The summed E-state index contributed by atoms with van der Waals surface area (Å²) in [4.78, 5) is 0. The lowest BCUT2D eigenvalue weighted by Crippen LogP contribution is -2.36. The highest BCUT2D eigenvalue weighted by atomic mass is 15.3. The standard InChI is InChI=1S/C16H32N4/c1-3-5-6-7-8-9-10-11-16(19-17)12-15-13-18-20(4-2)14-15/h13-14,16,19H,3-12,17H2,1-2H3. The predicted molar refractivity (Wildman–Crippen MR) is 85.3 cm³/mol. The van der Waals surface area contributed by atoms with Gasteiger partial charge in [0.1, 0.15) is 0 Å². The number of rotatable bonds is 12. The first-order valence-electron chi connectivity index (χ1n) is 8.27. The van der Waals surface area contributed by atoms with E-state index in [0.717, 1.165) is 19.4 Å². The van der Waals surface area contributed by atoms with E-state index in [1.807, 2.05) is 10.9 Å². The van der Waals surface area contributed by atoms with Gasteiger partial charge in [-0.25, -0.2) is 0 Å². The molecule has 0 bridgehead atoms. The van der Waals surface area contributed by atoms with Gasteiger partial charge in [0.15, 0.2) is 0 Å². The van der Waals surface area contributed by atoms with E-state index < -0.39 is 0 Å². The Bertz CT molecular complexity index is 335. The molecule has 0 aliphatic heterocycles. The zero-order valence-corrected chi connectivity index (χ0v) is 13.3. The fraction of sp³-hybridized carbons (Fsp3) is 0.812. The Kier molecular flexibility index (Phi) is 9.33. The molecule has 4 nitrogen and oxygen atoms in total. The van der Waals surface area contributed by atoms with Crippen LogP contribution >= 0.6 is 0 Å². The second-order valence-electron chi connectivity index (χ2n) is 5.68. The number of hydrogen-bond acceptors (Lipinski definition) is 3. The topological polar surface area (TPSA) is 55.9 Å². The molecule has 0 aliphatic carbocycles. The fourth-order valence-corrected chi connectivity index (χ4v) is 2.56. The van der Waals surface area contributed by atoms with Crippen LogP contribution in [-0.2, 0) is 13.0 Å². The molecule has 0 spiro atoms. The van der Waals surface area contributed by atoms with Crippen molar-refractivity contribution in [3.05, 3.63) is 18.0 Å². The largest absolute Gasteiger partial charge is 0.273 e. The van der Waals surface area contributed by atoms with Crippen LogP contribution in [0.15, 0.2) is 12.4 Å². The van der Waals surface area contributed by atoms with E-state index in [2.05, 4.69) is 30.6 Å². The second kappa shape index (κ2) is 10.9. The van der Waals surface area contributed by atoms with E-state index in [9.17, 15) is 0 Å². The Morgan fingerprint density at radius 2 is 1.85 bits per heavy atom. The van der Waals surface area contributed by atoms with Crippen molar-refractivity contribution in [3.63, 3.8) is 0 Å². The first-order valence-corrected chi connectivity index (χ1v) is 8.27. The number of nitrogens with two attached hydrogens (primary N) is 1. The van der Waals surface area contributed by atoms with E-state index in [1.54, 1.807) is 0 Å². The summed E-state index contributed by atoms with van der Waals surface area (Å²) in [6, 6.07) is 0.375. The van der Waals surface area contributed by atoms with Gasteiger partial charge >= 0.3 is 0 Å². The molecule has 1 rings (SSSR count). The summed E-state index contributed by atoms with van der Waals surface area (Å²) in [6.07, 6.45) is 15.7. The Labute approximate surface area is 124 Å². The van der Waals surface area contributed by atoms with E-state index in [0.29, 0.717) is 6.04 Å². The number of nitrogens with zero attached hydrogens (tertiary/aromatic N) is 2. The Balaban J connectivity index is 2.13. The molecular formula is C16H32N4. The van der Waals surface area contributed by atoms with Gasteiger partial charge in [-0.05, 0) is 25.3 Å². The van der Waals surface area contributed by atoms with E-state index in [4.69, 9.17) is 5.84 Å². The molecule has 0 amide bonds. The van der Waals surface area contributed by atoms with Gasteiger partial charge in [-0.2, -0.15) is 5.10 Å². The molecule has 0 fully saturated rings. The molecule has 1 heterocycles. The minimum Gasteiger partial charge on any atom is -0.273 e. The van der Waals surface area contributed by atoms with E-state index in [1.165, 1.54) is 50.5 Å². The average Bonchev–Trinajstić information content (AvgIpc) is 2.92. The molecular weight excluding hydrogens is 248 g/mol. The molecule has 1 aromatic heterocycles. The molecule has 1 atom stereocenters. The van der Waals surface area contributed by atoms with E-state index in [-0.39, 0.29) is 0 Å². The Morgan fingerprint density at radius 3 is 2.45 bits per heavy atom. The van der Waals surface area contributed by atoms with Gasteiger partial charge in [-0.3, -0.25) is 16.0 Å². The lowest BCUT2D eigenvalue weighted by Gasteiger charge is -2.14. The monoisotopic (exact) mass is 280 g/mol. The zero-order chi connectivity index (χ0) is 14.6. The lowest BCUT2D eigenvalue weighted by atomic mass is 10.0. The molecule has 20 heavy (non-hydrogen) atoms. The van der Waals surface area contributed by atoms with Gasteiger partial charge < -0.3 is 0 Å². The number of hydrogen-bond donors (Lipinski definition) is 2. The van der Waals surface area contributed by atoms with Gasteiger partial charge in [0.25, 0.3) is 0 Å². The van der Waals surface area contributed by atoms with E-state index >= 15 is 0 Å². The van der Waals surface area contributed by atoms with Crippen molar-refractivity contribution >= 4 is 0 Å². The van der Waals surface area contributed by atoms with Crippen LogP contribution < -0.4 is 11.3 Å². The molecule has 0 saturated heterocycles. The van der Waals surface area contributed by atoms with Crippen LogP contribution in [0.2, 0.25) is 0 Å². The van der Waals surface area contributed by atoms with Crippen LogP contribution in [0.3, 0.4) is 0 Å². The van der Waals surface area contributed by atoms with Crippen LogP contribution in [0.25, 0.3) is 0 Å². The Hall–Kier alpha value is -0.870. The van der Waals surface area contributed by atoms with Crippen molar-refractivity contribution in [1.29, 1.82) is 0 Å².